The van der Waals surface area contributed by atoms with Crippen molar-refractivity contribution in [3.05, 3.63) is 59.9 Å². The molecule has 3 rings (SSSR count). The van der Waals surface area contributed by atoms with Gasteiger partial charge in [-0.1, -0.05) is 30.9 Å². The first-order valence-corrected chi connectivity index (χ1v) is 11.9. The number of carbonyl (C=O) groups is 2. The number of ether oxygens (including phenoxy) is 2. The first-order valence-electron chi connectivity index (χ1n) is 11.5. The maximum Gasteiger partial charge on any atom is 0.348 e. The van der Waals surface area contributed by atoms with E-state index in [0.29, 0.717) is 18.8 Å². The van der Waals surface area contributed by atoms with Crippen molar-refractivity contribution in [2.75, 3.05) is 20.3 Å². The second-order valence-electron chi connectivity index (χ2n) is 8.52. The molecule has 1 heterocycles. The number of hydrogen-bond donors (Lipinski definition) is 0. The smallest absolute Gasteiger partial charge is 0.348 e. The molecule has 1 saturated heterocycles. The Kier molecular flexibility index (Phi) is 8.96. The zero-order chi connectivity index (χ0) is 23.8. The Bertz CT molecular complexity index is 927. The number of allylic oxidation sites excluding steroid dienone is 4. The Morgan fingerprint density at radius 1 is 1.33 bits per heavy atom. The maximum atomic E-state index is 12.6. The van der Waals surface area contributed by atoms with Crippen LogP contribution in [0.1, 0.15) is 38.5 Å². The molecule has 1 fully saturated rings. The highest BCUT2D eigenvalue weighted by Gasteiger charge is 2.43. The highest BCUT2D eigenvalue weighted by Crippen LogP contribution is 2.46. The van der Waals surface area contributed by atoms with E-state index in [0.717, 1.165) is 43.0 Å². The van der Waals surface area contributed by atoms with Crippen LogP contribution in [0.5, 0.6) is 0 Å². The van der Waals surface area contributed by atoms with E-state index in [1.807, 2.05) is 6.07 Å². The summed E-state index contributed by atoms with van der Waals surface area (Å²) in [5.74, 6) is -0.885. The zero-order valence-corrected chi connectivity index (χ0v) is 19.8. The second kappa shape index (κ2) is 11.9. The summed E-state index contributed by atoms with van der Waals surface area (Å²) in [4.78, 5) is 26.0. The first kappa shape index (κ1) is 24.9. The number of halogens is 1. The van der Waals surface area contributed by atoms with Gasteiger partial charge in [0, 0.05) is 30.8 Å². The van der Waals surface area contributed by atoms with Gasteiger partial charge in [0.2, 0.25) is 0 Å². The molecule has 7 heteroatoms. The Balaban J connectivity index is 1.71. The molecule has 6 nitrogen and oxygen atoms in total. The lowest BCUT2D eigenvalue weighted by Crippen LogP contribution is -2.36. The van der Waals surface area contributed by atoms with Crippen molar-refractivity contribution < 1.29 is 19.1 Å². The van der Waals surface area contributed by atoms with Gasteiger partial charge < -0.3 is 14.4 Å². The summed E-state index contributed by atoms with van der Waals surface area (Å²) in [6.45, 7) is 3.72. The lowest BCUT2D eigenvalue weighted by atomic mass is 9.80. The van der Waals surface area contributed by atoms with Gasteiger partial charge >= 0.3 is 11.9 Å². The van der Waals surface area contributed by atoms with Gasteiger partial charge in [-0.3, -0.25) is 0 Å². The Labute approximate surface area is 200 Å². The molecule has 0 aromatic carbocycles. The molecule has 0 N–H and O–H groups in total. The molecule has 4 unspecified atom stereocenters. The number of carbonyl (C=O) groups excluding carboxylic acids is 2. The molecule has 1 aliphatic heterocycles. The fourth-order valence-electron chi connectivity index (χ4n) is 4.78. The predicted octanol–water partition coefficient (Wildman–Crippen LogP) is 4.60. The Hall–Kier alpha value is -2.78. The summed E-state index contributed by atoms with van der Waals surface area (Å²) in [5.41, 5.74) is 2.23. The van der Waals surface area contributed by atoms with Crippen molar-refractivity contribution in [3.8, 4) is 6.07 Å². The standard InChI is InChI=1S/C26H31ClN2O4/c1-3-24(30)32-13-7-8-14-33-26(31)19(17-28)15-22-21-16-20(27)11-12-23(21)29(2)25(22)18-9-5-4-6-10-18/h3,5,9,12,15-16,18,20,22,25H,1,4,6-8,10-11,13-14H2,2H3/b19-15+. The molecular weight excluding hydrogens is 440 g/mol. The van der Waals surface area contributed by atoms with E-state index in [4.69, 9.17) is 21.1 Å². The van der Waals surface area contributed by atoms with E-state index in [2.05, 4.69) is 42.8 Å². The largest absolute Gasteiger partial charge is 0.463 e. The second-order valence-corrected chi connectivity index (χ2v) is 9.08. The van der Waals surface area contributed by atoms with Gasteiger partial charge in [-0.2, -0.15) is 5.26 Å². The minimum absolute atomic E-state index is 0.00937. The normalized spacial score (nSPS) is 26.6. The average molecular weight is 471 g/mol. The molecule has 0 radical (unpaired) electrons. The third-order valence-corrected chi connectivity index (χ3v) is 6.65. The molecule has 3 aliphatic rings. The molecule has 0 saturated carbocycles. The quantitative estimate of drug-likeness (QED) is 0.122. The summed E-state index contributed by atoms with van der Waals surface area (Å²) in [6.07, 6.45) is 16.7. The summed E-state index contributed by atoms with van der Waals surface area (Å²) in [5, 5.41) is 9.63. The number of unbranched alkanes of at least 4 members (excludes halogenated alkanes) is 1. The van der Waals surface area contributed by atoms with Crippen LogP contribution in [0.4, 0.5) is 0 Å². The van der Waals surface area contributed by atoms with E-state index >= 15 is 0 Å². The zero-order valence-electron chi connectivity index (χ0n) is 19.0. The molecule has 0 spiro atoms. The number of nitriles is 1. The Morgan fingerprint density at radius 2 is 2.09 bits per heavy atom. The lowest BCUT2D eigenvalue weighted by Gasteiger charge is -2.32. The van der Waals surface area contributed by atoms with Crippen molar-refractivity contribution in [3.63, 3.8) is 0 Å². The Morgan fingerprint density at radius 3 is 2.76 bits per heavy atom. The lowest BCUT2D eigenvalue weighted by molar-refractivity contribution is -0.140. The molecule has 2 aliphatic carbocycles. The fourth-order valence-corrected chi connectivity index (χ4v) is 5.00. The summed E-state index contributed by atoms with van der Waals surface area (Å²) >= 11 is 6.43. The minimum atomic E-state index is -0.627. The minimum Gasteiger partial charge on any atom is -0.463 e. The van der Waals surface area contributed by atoms with Gasteiger partial charge in [0.25, 0.3) is 0 Å². The highest BCUT2D eigenvalue weighted by atomic mass is 35.5. The van der Waals surface area contributed by atoms with E-state index in [-0.39, 0.29) is 36.1 Å². The van der Waals surface area contributed by atoms with Gasteiger partial charge in [0.1, 0.15) is 11.6 Å². The molecule has 176 valence electrons. The SMILES string of the molecule is C=CC(=O)OCCCCOC(=O)/C(C#N)=C/C1C2=CC(Cl)CC=C2N(C)C1C1C=CCCC1. The fraction of sp³-hybridized carbons (Fsp3) is 0.500. The van der Waals surface area contributed by atoms with Crippen LogP contribution in [-0.4, -0.2) is 48.5 Å². The van der Waals surface area contributed by atoms with Gasteiger partial charge in [-0.05, 0) is 56.1 Å². The predicted molar refractivity (Wildman–Crippen MR) is 127 cm³/mol. The molecule has 0 bridgehead atoms. The first-order chi connectivity index (χ1) is 16.0. The molecular formula is C26H31ClN2O4. The molecule has 0 amide bonds. The van der Waals surface area contributed by atoms with Crippen LogP contribution >= 0.6 is 11.6 Å². The van der Waals surface area contributed by atoms with Crippen molar-refractivity contribution in [1.29, 1.82) is 5.26 Å². The summed E-state index contributed by atoms with van der Waals surface area (Å²) < 4.78 is 10.2. The van der Waals surface area contributed by atoms with Crippen LogP contribution in [0.3, 0.4) is 0 Å². The van der Waals surface area contributed by atoms with Crippen LogP contribution in [0.2, 0.25) is 0 Å². The number of hydrogen-bond acceptors (Lipinski definition) is 6. The van der Waals surface area contributed by atoms with Crippen LogP contribution in [0, 0.1) is 23.2 Å². The number of rotatable bonds is 9. The molecule has 4 atom stereocenters. The maximum absolute atomic E-state index is 12.6. The summed E-state index contributed by atoms with van der Waals surface area (Å²) in [7, 11) is 2.08. The van der Waals surface area contributed by atoms with E-state index in [1.165, 1.54) is 0 Å². The highest BCUT2D eigenvalue weighted by molar-refractivity contribution is 6.22. The topological polar surface area (TPSA) is 79.6 Å². The van der Waals surface area contributed by atoms with Crippen LogP contribution in [0.15, 0.2) is 59.9 Å². The third kappa shape index (κ3) is 6.17. The monoisotopic (exact) mass is 470 g/mol. The van der Waals surface area contributed by atoms with Crippen molar-refractivity contribution in [2.45, 2.75) is 49.9 Å². The molecule has 0 aromatic rings. The van der Waals surface area contributed by atoms with E-state index in [9.17, 15) is 14.9 Å². The third-order valence-electron chi connectivity index (χ3n) is 6.35. The number of likely N-dealkylation sites (N-methyl/N-ethyl adjacent to an activating group) is 1. The van der Waals surface area contributed by atoms with Crippen molar-refractivity contribution >= 4 is 23.5 Å². The van der Waals surface area contributed by atoms with Gasteiger partial charge in [-0.25, -0.2) is 9.59 Å². The number of fused-ring (bicyclic) bond motifs is 1. The number of likely N-dealkylation sites (tertiary alicyclic amines) is 1. The number of alkyl halides is 1. The van der Waals surface area contributed by atoms with Crippen LogP contribution < -0.4 is 0 Å². The van der Waals surface area contributed by atoms with Crippen LogP contribution in [0.25, 0.3) is 0 Å². The van der Waals surface area contributed by atoms with Crippen molar-refractivity contribution in [2.24, 2.45) is 11.8 Å². The molecule has 0 aromatic heterocycles. The van der Waals surface area contributed by atoms with E-state index < -0.39 is 11.9 Å². The van der Waals surface area contributed by atoms with Crippen molar-refractivity contribution in [1.82, 2.24) is 4.90 Å². The number of nitrogens with zero attached hydrogens (tertiary/aromatic N) is 2. The average Bonchev–Trinajstić information content (AvgIpc) is 3.10. The van der Waals surface area contributed by atoms with Gasteiger partial charge in [0.15, 0.2) is 0 Å². The van der Waals surface area contributed by atoms with Crippen LogP contribution in [-0.2, 0) is 19.1 Å². The summed E-state index contributed by atoms with van der Waals surface area (Å²) in [6, 6.07) is 2.16. The number of esters is 2. The van der Waals surface area contributed by atoms with Gasteiger partial charge in [-0.15, -0.1) is 11.6 Å². The van der Waals surface area contributed by atoms with E-state index in [1.54, 1.807) is 6.08 Å². The van der Waals surface area contributed by atoms with Gasteiger partial charge in [0.05, 0.1) is 18.6 Å². The molecule has 33 heavy (non-hydrogen) atoms.